The van der Waals surface area contributed by atoms with Crippen LogP contribution in [0.5, 0.6) is 5.75 Å². The molecule has 6 heteroatoms. The standard InChI is InChI=1S/C13H19N3O3/c1-15(10-5-4-8-14-9-10)11-6-3-7-12(19-2)13(11)16(17)18/h3,6-7,10,14H,4-5,8-9H2,1-2H3. The highest BCUT2D eigenvalue weighted by molar-refractivity contribution is 5.69. The van der Waals surface area contributed by atoms with Crippen LogP contribution in [0, 0.1) is 10.1 Å². The Balaban J connectivity index is 2.34. The van der Waals surface area contributed by atoms with Gasteiger partial charge in [0, 0.05) is 19.6 Å². The molecule has 0 spiro atoms. The van der Waals surface area contributed by atoms with Crippen LogP contribution in [-0.2, 0) is 0 Å². The van der Waals surface area contributed by atoms with E-state index in [-0.39, 0.29) is 16.7 Å². The Morgan fingerprint density at radius 2 is 2.32 bits per heavy atom. The predicted octanol–water partition coefficient (Wildman–Crippen LogP) is 1.79. The van der Waals surface area contributed by atoms with Crippen LogP contribution in [-0.4, -0.2) is 38.2 Å². The number of nitro groups is 1. The minimum atomic E-state index is -0.374. The Bertz CT molecular complexity index is 458. The van der Waals surface area contributed by atoms with E-state index in [1.165, 1.54) is 7.11 Å². The van der Waals surface area contributed by atoms with Crippen molar-refractivity contribution in [2.45, 2.75) is 18.9 Å². The number of methoxy groups -OCH3 is 1. The van der Waals surface area contributed by atoms with E-state index in [0.717, 1.165) is 25.9 Å². The molecule has 1 aromatic rings. The van der Waals surface area contributed by atoms with E-state index in [2.05, 4.69) is 5.32 Å². The van der Waals surface area contributed by atoms with Crippen LogP contribution in [0.2, 0.25) is 0 Å². The van der Waals surface area contributed by atoms with E-state index in [1.54, 1.807) is 18.2 Å². The zero-order valence-electron chi connectivity index (χ0n) is 11.3. The Kier molecular flexibility index (Phi) is 4.21. The number of ether oxygens (including phenoxy) is 1. The first-order chi connectivity index (χ1) is 9.15. The van der Waals surface area contributed by atoms with Crippen molar-refractivity contribution in [2.24, 2.45) is 0 Å². The molecule has 0 radical (unpaired) electrons. The summed E-state index contributed by atoms with van der Waals surface area (Å²) in [6.45, 7) is 1.87. The van der Waals surface area contributed by atoms with E-state index in [0.29, 0.717) is 11.4 Å². The lowest BCUT2D eigenvalue weighted by Crippen LogP contribution is -2.44. The second kappa shape index (κ2) is 5.88. The maximum Gasteiger partial charge on any atom is 0.333 e. The summed E-state index contributed by atoms with van der Waals surface area (Å²) in [5.41, 5.74) is 0.649. The summed E-state index contributed by atoms with van der Waals surface area (Å²) in [7, 11) is 3.35. The zero-order chi connectivity index (χ0) is 13.8. The summed E-state index contributed by atoms with van der Waals surface area (Å²) < 4.78 is 5.10. The number of benzene rings is 1. The predicted molar refractivity (Wildman–Crippen MR) is 73.9 cm³/mol. The summed E-state index contributed by atoms with van der Waals surface area (Å²) in [5.74, 6) is 0.304. The van der Waals surface area contributed by atoms with E-state index >= 15 is 0 Å². The van der Waals surface area contributed by atoms with Crippen LogP contribution in [0.1, 0.15) is 12.8 Å². The van der Waals surface area contributed by atoms with Gasteiger partial charge in [-0.15, -0.1) is 0 Å². The maximum absolute atomic E-state index is 11.3. The minimum absolute atomic E-state index is 0.0399. The molecule has 6 nitrogen and oxygen atoms in total. The van der Waals surface area contributed by atoms with Gasteiger partial charge in [0.2, 0.25) is 0 Å². The second-order valence-corrected chi connectivity index (χ2v) is 4.70. The molecule has 0 aromatic heterocycles. The highest BCUT2D eigenvalue weighted by atomic mass is 16.6. The van der Waals surface area contributed by atoms with E-state index < -0.39 is 0 Å². The molecule has 19 heavy (non-hydrogen) atoms. The number of rotatable bonds is 4. The fourth-order valence-electron chi connectivity index (χ4n) is 2.50. The molecular weight excluding hydrogens is 246 g/mol. The SMILES string of the molecule is COc1cccc(N(C)C2CCCNC2)c1[N+](=O)[O-]. The van der Waals surface area contributed by atoms with Crippen molar-refractivity contribution in [2.75, 3.05) is 32.1 Å². The highest BCUT2D eigenvalue weighted by Crippen LogP contribution is 2.37. The normalized spacial score (nSPS) is 18.9. The molecular formula is C13H19N3O3. The molecule has 0 aliphatic carbocycles. The van der Waals surface area contributed by atoms with Gasteiger partial charge in [0.15, 0.2) is 5.75 Å². The Morgan fingerprint density at radius 1 is 1.53 bits per heavy atom. The van der Waals surface area contributed by atoms with Gasteiger partial charge in [0.25, 0.3) is 0 Å². The molecule has 2 rings (SSSR count). The molecule has 1 unspecified atom stereocenters. The van der Waals surface area contributed by atoms with Gasteiger partial charge in [-0.2, -0.15) is 0 Å². The summed E-state index contributed by atoms with van der Waals surface area (Å²) in [5, 5.41) is 14.6. The third kappa shape index (κ3) is 2.78. The van der Waals surface area contributed by atoms with E-state index in [4.69, 9.17) is 4.74 Å². The number of hydrogen-bond donors (Lipinski definition) is 1. The summed E-state index contributed by atoms with van der Waals surface area (Å²) >= 11 is 0. The molecule has 1 fully saturated rings. The Labute approximate surface area is 112 Å². The van der Waals surface area contributed by atoms with Crippen molar-refractivity contribution >= 4 is 11.4 Å². The number of likely N-dealkylation sites (N-methyl/N-ethyl adjacent to an activating group) is 1. The molecule has 0 amide bonds. The summed E-state index contributed by atoms with van der Waals surface area (Å²) in [6, 6.07) is 5.46. The van der Waals surface area contributed by atoms with Gasteiger partial charge in [-0.25, -0.2) is 0 Å². The fourth-order valence-corrected chi connectivity index (χ4v) is 2.50. The first kappa shape index (κ1) is 13.6. The summed E-state index contributed by atoms with van der Waals surface area (Å²) in [6.07, 6.45) is 2.13. The molecule has 1 aromatic carbocycles. The highest BCUT2D eigenvalue weighted by Gasteiger charge is 2.27. The maximum atomic E-state index is 11.3. The largest absolute Gasteiger partial charge is 0.490 e. The van der Waals surface area contributed by atoms with Gasteiger partial charge in [0.1, 0.15) is 5.69 Å². The van der Waals surface area contributed by atoms with Crippen LogP contribution >= 0.6 is 0 Å². The van der Waals surface area contributed by atoms with Gasteiger partial charge in [-0.05, 0) is 31.5 Å². The molecule has 104 valence electrons. The molecule has 0 saturated carbocycles. The van der Waals surface area contributed by atoms with Crippen molar-refractivity contribution in [1.82, 2.24) is 5.32 Å². The molecule has 1 aliphatic heterocycles. The average Bonchev–Trinajstić information content (AvgIpc) is 2.46. The number of nitrogens with one attached hydrogen (secondary N) is 1. The van der Waals surface area contributed by atoms with Crippen molar-refractivity contribution in [3.8, 4) is 5.75 Å². The minimum Gasteiger partial charge on any atom is -0.490 e. The van der Waals surface area contributed by atoms with Crippen molar-refractivity contribution in [3.05, 3.63) is 28.3 Å². The Morgan fingerprint density at radius 3 is 2.89 bits per heavy atom. The number of nitro benzene ring substituents is 1. The van der Waals surface area contributed by atoms with E-state index in [9.17, 15) is 10.1 Å². The fraction of sp³-hybridized carbons (Fsp3) is 0.538. The zero-order valence-corrected chi connectivity index (χ0v) is 11.3. The molecule has 1 N–H and O–H groups in total. The number of anilines is 1. The molecule has 1 aliphatic rings. The quantitative estimate of drug-likeness (QED) is 0.664. The first-order valence-electron chi connectivity index (χ1n) is 6.40. The number of nitrogens with zero attached hydrogens (tertiary/aromatic N) is 2. The molecule has 1 atom stereocenters. The van der Waals surface area contributed by atoms with Crippen molar-refractivity contribution < 1.29 is 9.66 Å². The van der Waals surface area contributed by atoms with Crippen LogP contribution in [0.4, 0.5) is 11.4 Å². The monoisotopic (exact) mass is 265 g/mol. The van der Waals surface area contributed by atoms with Crippen LogP contribution in [0.3, 0.4) is 0 Å². The molecule has 1 saturated heterocycles. The van der Waals surface area contributed by atoms with Crippen LogP contribution in [0.15, 0.2) is 18.2 Å². The lowest BCUT2D eigenvalue weighted by molar-refractivity contribution is -0.385. The third-order valence-corrected chi connectivity index (χ3v) is 3.58. The average molecular weight is 265 g/mol. The molecule has 1 heterocycles. The van der Waals surface area contributed by atoms with Gasteiger partial charge in [-0.3, -0.25) is 10.1 Å². The van der Waals surface area contributed by atoms with Gasteiger partial charge in [0.05, 0.1) is 12.0 Å². The van der Waals surface area contributed by atoms with Gasteiger partial charge < -0.3 is 15.0 Å². The van der Waals surface area contributed by atoms with Crippen molar-refractivity contribution in [1.29, 1.82) is 0 Å². The lowest BCUT2D eigenvalue weighted by Gasteiger charge is -2.33. The number of para-hydroxylation sites is 1. The number of hydrogen-bond acceptors (Lipinski definition) is 5. The van der Waals surface area contributed by atoms with Crippen LogP contribution in [0.25, 0.3) is 0 Å². The third-order valence-electron chi connectivity index (χ3n) is 3.58. The number of piperidine rings is 1. The van der Waals surface area contributed by atoms with Crippen LogP contribution < -0.4 is 15.0 Å². The Hall–Kier alpha value is -1.82. The second-order valence-electron chi connectivity index (χ2n) is 4.70. The van der Waals surface area contributed by atoms with Crippen molar-refractivity contribution in [3.63, 3.8) is 0 Å². The molecule has 0 bridgehead atoms. The topological polar surface area (TPSA) is 67.6 Å². The summed E-state index contributed by atoms with van der Waals surface area (Å²) in [4.78, 5) is 12.9. The van der Waals surface area contributed by atoms with Gasteiger partial charge in [-0.1, -0.05) is 6.07 Å². The smallest absolute Gasteiger partial charge is 0.333 e. The van der Waals surface area contributed by atoms with E-state index in [1.807, 2.05) is 11.9 Å². The first-order valence-corrected chi connectivity index (χ1v) is 6.40. The lowest BCUT2D eigenvalue weighted by atomic mass is 10.1. The van der Waals surface area contributed by atoms with Gasteiger partial charge >= 0.3 is 5.69 Å².